The van der Waals surface area contributed by atoms with Crippen LogP contribution in [0.15, 0.2) is 30.3 Å². The van der Waals surface area contributed by atoms with E-state index in [2.05, 4.69) is 10.3 Å². The van der Waals surface area contributed by atoms with Gasteiger partial charge in [0.2, 0.25) is 0 Å². The molecule has 6 heteroatoms. The van der Waals surface area contributed by atoms with Crippen LogP contribution in [0.5, 0.6) is 5.75 Å². The molecule has 0 saturated carbocycles. The van der Waals surface area contributed by atoms with E-state index in [1.807, 2.05) is 30.3 Å². The molecule has 0 atom stereocenters. The van der Waals surface area contributed by atoms with Gasteiger partial charge in [0.25, 0.3) is 0 Å². The minimum absolute atomic E-state index is 0.342. The van der Waals surface area contributed by atoms with E-state index >= 15 is 0 Å². The summed E-state index contributed by atoms with van der Waals surface area (Å²) in [5, 5.41) is 3.92. The third-order valence-corrected chi connectivity index (χ3v) is 3.87. The van der Waals surface area contributed by atoms with Crippen LogP contribution < -0.4 is 10.1 Å². The highest BCUT2D eigenvalue weighted by Gasteiger charge is 2.15. The van der Waals surface area contributed by atoms with E-state index in [1.165, 1.54) is 18.4 Å². The molecule has 1 aromatic heterocycles. The number of ether oxygens (including phenoxy) is 2. The van der Waals surface area contributed by atoms with Gasteiger partial charge in [0.1, 0.15) is 10.6 Å². The molecular formula is C15H18N2O3S. The SMILES string of the molecule is COC(=O)c1sc(NCCCOc2ccccc2)nc1C. The zero-order chi connectivity index (χ0) is 15.1. The van der Waals surface area contributed by atoms with Gasteiger partial charge in [-0.1, -0.05) is 29.5 Å². The van der Waals surface area contributed by atoms with Crippen LogP contribution in [0.3, 0.4) is 0 Å². The fraction of sp³-hybridized carbons (Fsp3) is 0.333. The molecule has 1 N–H and O–H groups in total. The van der Waals surface area contributed by atoms with Crippen molar-refractivity contribution in [2.45, 2.75) is 13.3 Å². The van der Waals surface area contributed by atoms with Gasteiger partial charge in [-0.25, -0.2) is 9.78 Å². The highest BCUT2D eigenvalue weighted by Crippen LogP contribution is 2.23. The lowest BCUT2D eigenvalue weighted by Crippen LogP contribution is -2.07. The van der Waals surface area contributed by atoms with Crippen LogP contribution in [-0.4, -0.2) is 31.2 Å². The predicted octanol–water partition coefficient (Wildman–Crippen LogP) is 3.12. The number of benzene rings is 1. The van der Waals surface area contributed by atoms with Crippen LogP contribution in [0, 0.1) is 6.92 Å². The number of aryl methyl sites for hydroxylation is 1. The molecule has 0 radical (unpaired) electrons. The summed E-state index contributed by atoms with van der Waals surface area (Å²) in [5.74, 6) is 0.529. The number of carbonyl (C=O) groups excluding carboxylic acids is 1. The highest BCUT2D eigenvalue weighted by atomic mass is 32.1. The third-order valence-electron chi connectivity index (χ3n) is 2.78. The van der Waals surface area contributed by atoms with E-state index in [0.717, 1.165) is 23.8 Å². The van der Waals surface area contributed by atoms with Gasteiger partial charge in [0, 0.05) is 6.54 Å². The standard InChI is InChI=1S/C15H18N2O3S/c1-11-13(14(18)19-2)21-15(17-11)16-9-6-10-20-12-7-4-3-5-8-12/h3-5,7-8H,6,9-10H2,1-2H3,(H,16,17). The average molecular weight is 306 g/mol. The Morgan fingerprint density at radius 3 is 2.81 bits per heavy atom. The predicted molar refractivity (Wildman–Crippen MR) is 83.2 cm³/mol. The van der Waals surface area contributed by atoms with Gasteiger partial charge in [-0.3, -0.25) is 0 Å². The van der Waals surface area contributed by atoms with Crippen LogP contribution in [0.4, 0.5) is 5.13 Å². The number of rotatable bonds is 7. The van der Waals surface area contributed by atoms with Gasteiger partial charge < -0.3 is 14.8 Å². The summed E-state index contributed by atoms with van der Waals surface area (Å²) in [6, 6.07) is 9.71. The number of hydrogen-bond donors (Lipinski definition) is 1. The van der Waals surface area contributed by atoms with E-state index in [0.29, 0.717) is 17.2 Å². The van der Waals surface area contributed by atoms with Gasteiger partial charge in [0.15, 0.2) is 5.13 Å². The highest BCUT2D eigenvalue weighted by molar-refractivity contribution is 7.17. The molecule has 2 aromatic rings. The molecule has 1 aromatic carbocycles. The van der Waals surface area contributed by atoms with Crippen LogP contribution in [0.2, 0.25) is 0 Å². The van der Waals surface area contributed by atoms with Gasteiger partial charge in [0.05, 0.1) is 19.4 Å². The largest absolute Gasteiger partial charge is 0.494 e. The van der Waals surface area contributed by atoms with E-state index in [-0.39, 0.29) is 5.97 Å². The summed E-state index contributed by atoms with van der Waals surface area (Å²) in [5.41, 5.74) is 0.690. The minimum Gasteiger partial charge on any atom is -0.494 e. The second kappa shape index (κ2) is 7.64. The van der Waals surface area contributed by atoms with Gasteiger partial charge in [-0.05, 0) is 25.5 Å². The fourth-order valence-electron chi connectivity index (χ4n) is 1.73. The number of nitrogens with one attached hydrogen (secondary N) is 1. The van der Waals surface area contributed by atoms with E-state index < -0.39 is 0 Å². The van der Waals surface area contributed by atoms with Crippen molar-refractivity contribution in [3.05, 3.63) is 40.9 Å². The minimum atomic E-state index is -0.342. The molecule has 1 heterocycles. The molecule has 5 nitrogen and oxygen atoms in total. The number of anilines is 1. The summed E-state index contributed by atoms with van der Waals surface area (Å²) < 4.78 is 10.3. The van der Waals surface area contributed by atoms with E-state index in [4.69, 9.17) is 9.47 Å². The summed E-state index contributed by atoms with van der Waals surface area (Å²) in [6.07, 6.45) is 0.848. The molecule has 0 amide bonds. The van der Waals surface area contributed by atoms with Crippen molar-refractivity contribution in [2.24, 2.45) is 0 Å². The Morgan fingerprint density at radius 1 is 1.33 bits per heavy atom. The second-order valence-corrected chi connectivity index (χ2v) is 5.37. The molecule has 0 aliphatic rings. The Morgan fingerprint density at radius 2 is 2.10 bits per heavy atom. The Labute approximate surface area is 127 Å². The third kappa shape index (κ3) is 4.46. The van der Waals surface area contributed by atoms with Crippen molar-refractivity contribution in [3.63, 3.8) is 0 Å². The number of esters is 1. The number of nitrogens with zero attached hydrogens (tertiary/aromatic N) is 1. The zero-order valence-corrected chi connectivity index (χ0v) is 12.9. The summed E-state index contributed by atoms with van der Waals surface area (Å²) in [4.78, 5) is 16.3. The smallest absolute Gasteiger partial charge is 0.350 e. The summed E-state index contributed by atoms with van der Waals surface area (Å²) in [7, 11) is 1.37. The fourth-order valence-corrected chi connectivity index (χ4v) is 2.64. The Hall–Kier alpha value is -2.08. The number of hydrogen-bond acceptors (Lipinski definition) is 6. The zero-order valence-electron chi connectivity index (χ0n) is 12.1. The topological polar surface area (TPSA) is 60.5 Å². The molecule has 0 aliphatic carbocycles. The molecule has 0 bridgehead atoms. The Balaban J connectivity index is 1.73. The molecule has 21 heavy (non-hydrogen) atoms. The maximum Gasteiger partial charge on any atom is 0.350 e. The van der Waals surface area contributed by atoms with Gasteiger partial charge in [-0.15, -0.1) is 0 Å². The molecule has 0 aliphatic heterocycles. The average Bonchev–Trinajstić information content (AvgIpc) is 2.88. The first kappa shape index (κ1) is 15.3. The Kier molecular flexibility index (Phi) is 5.57. The molecular weight excluding hydrogens is 288 g/mol. The molecule has 2 rings (SSSR count). The number of methoxy groups -OCH3 is 1. The number of para-hydroxylation sites is 1. The monoisotopic (exact) mass is 306 g/mol. The van der Waals surface area contributed by atoms with Crippen LogP contribution in [0.1, 0.15) is 21.8 Å². The number of aromatic nitrogens is 1. The van der Waals surface area contributed by atoms with Crippen molar-refractivity contribution in [1.29, 1.82) is 0 Å². The maximum absolute atomic E-state index is 11.5. The van der Waals surface area contributed by atoms with Crippen LogP contribution >= 0.6 is 11.3 Å². The van der Waals surface area contributed by atoms with E-state index in [1.54, 1.807) is 6.92 Å². The first-order valence-corrected chi connectivity index (χ1v) is 7.50. The van der Waals surface area contributed by atoms with Crippen molar-refractivity contribution >= 4 is 22.4 Å². The normalized spacial score (nSPS) is 10.2. The van der Waals surface area contributed by atoms with Crippen molar-refractivity contribution < 1.29 is 14.3 Å². The first-order valence-electron chi connectivity index (χ1n) is 6.68. The second-order valence-electron chi connectivity index (χ2n) is 4.37. The first-order chi connectivity index (χ1) is 10.2. The van der Waals surface area contributed by atoms with Crippen molar-refractivity contribution in [1.82, 2.24) is 4.98 Å². The molecule has 0 saturated heterocycles. The molecule has 0 fully saturated rings. The molecule has 0 spiro atoms. The summed E-state index contributed by atoms with van der Waals surface area (Å²) in [6.45, 7) is 3.16. The van der Waals surface area contributed by atoms with E-state index in [9.17, 15) is 4.79 Å². The quantitative estimate of drug-likeness (QED) is 0.629. The summed E-state index contributed by atoms with van der Waals surface area (Å²) >= 11 is 1.31. The Bertz CT molecular complexity index is 584. The van der Waals surface area contributed by atoms with Crippen LogP contribution in [-0.2, 0) is 4.74 Å². The van der Waals surface area contributed by atoms with Gasteiger partial charge >= 0.3 is 5.97 Å². The van der Waals surface area contributed by atoms with Crippen LogP contribution in [0.25, 0.3) is 0 Å². The maximum atomic E-state index is 11.5. The lowest BCUT2D eigenvalue weighted by atomic mass is 10.3. The van der Waals surface area contributed by atoms with Gasteiger partial charge in [-0.2, -0.15) is 0 Å². The lowest BCUT2D eigenvalue weighted by molar-refractivity contribution is 0.0605. The number of thiazole rings is 1. The molecule has 112 valence electrons. The van der Waals surface area contributed by atoms with Crippen molar-refractivity contribution in [3.8, 4) is 5.75 Å². The number of carbonyl (C=O) groups is 1. The lowest BCUT2D eigenvalue weighted by Gasteiger charge is -2.06. The molecule has 0 unspecified atom stereocenters. The van der Waals surface area contributed by atoms with Crippen molar-refractivity contribution in [2.75, 3.05) is 25.6 Å².